The van der Waals surface area contributed by atoms with Gasteiger partial charge in [0.25, 0.3) is 11.5 Å². The number of amides is 1. The van der Waals surface area contributed by atoms with E-state index in [2.05, 4.69) is 15.3 Å². The smallest absolute Gasteiger partial charge is 0.261 e. The number of methoxy groups -OCH3 is 1. The highest BCUT2D eigenvalue weighted by atomic mass is 16.5. The van der Waals surface area contributed by atoms with Crippen LogP contribution in [0.25, 0.3) is 10.9 Å². The van der Waals surface area contributed by atoms with E-state index in [0.29, 0.717) is 28.8 Å². The Morgan fingerprint density at radius 3 is 2.72 bits per heavy atom. The zero-order valence-electron chi connectivity index (χ0n) is 17.9. The van der Waals surface area contributed by atoms with Crippen LogP contribution in [-0.4, -0.2) is 32.1 Å². The molecule has 1 aliphatic heterocycles. The van der Waals surface area contributed by atoms with Crippen LogP contribution in [0.1, 0.15) is 40.0 Å². The molecule has 3 heterocycles. The molecule has 0 spiro atoms. The van der Waals surface area contributed by atoms with Crippen molar-refractivity contribution in [2.24, 2.45) is 7.05 Å². The van der Waals surface area contributed by atoms with E-state index in [1.807, 2.05) is 42.1 Å². The van der Waals surface area contributed by atoms with E-state index in [1.54, 1.807) is 36.1 Å². The monoisotopic (exact) mass is 429 g/mol. The molecule has 2 aromatic heterocycles. The number of fused-ring (bicyclic) bond motifs is 2. The molecule has 4 aromatic rings. The maximum atomic E-state index is 13.2. The van der Waals surface area contributed by atoms with Crippen molar-refractivity contribution in [2.75, 3.05) is 7.11 Å². The van der Waals surface area contributed by atoms with Gasteiger partial charge in [-0.25, -0.2) is 9.97 Å². The van der Waals surface area contributed by atoms with E-state index >= 15 is 0 Å². The van der Waals surface area contributed by atoms with Gasteiger partial charge in [-0.15, -0.1) is 0 Å². The minimum absolute atomic E-state index is 0.0430. The van der Waals surface area contributed by atoms with Crippen molar-refractivity contribution < 1.29 is 9.53 Å². The number of hydrogen-bond donors (Lipinski definition) is 1. The van der Waals surface area contributed by atoms with Crippen LogP contribution in [-0.2, 0) is 20.0 Å². The second-order valence-electron chi connectivity index (χ2n) is 7.90. The molecule has 5 rings (SSSR count). The zero-order chi connectivity index (χ0) is 22.2. The molecular weight excluding hydrogens is 406 g/mol. The Balaban J connectivity index is 1.50. The molecule has 0 fully saturated rings. The molecule has 1 atom stereocenters. The predicted molar refractivity (Wildman–Crippen MR) is 120 cm³/mol. The summed E-state index contributed by atoms with van der Waals surface area (Å²) >= 11 is 0. The van der Waals surface area contributed by atoms with Gasteiger partial charge in [-0.1, -0.05) is 12.1 Å². The number of carbonyl (C=O) groups excluding carboxylic acids is 1. The molecule has 1 N–H and O–H groups in total. The van der Waals surface area contributed by atoms with Gasteiger partial charge in [-0.3, -0.25) is 14.2 Å². The molecule has 0 bridgehead atoms. The molecule has 2 aromatic carbocycles. The van der Waals surface area contributed by atoms with Crippen LogP contribution >= 0.6 is 0 Å². The number of nitrogens with one attached hydrogen (secondary N) is 1. The van der Waals surface area contributed by atoms with Crippen molar-refractivity contribution in [1.82, 2.24) is 24.4 Å². The highest BCUT2D eigenvalue weighted by Crippen LogP contribution is 2.24. The summed E-state index contributed by atoms with van der Waals surface area (Å²) in [5, 5.41) is 3.62. The maximum Gasteiger partial charge on any atom is 0.261 e. The topological polar surface area (TPSA) is 91.0 Å². The fourth-order valence-corrected chi connectivity index (χ4v) is 4.19. The van der Waals surface area contributed by atoms with E-state index < -0.39 is 6.04 Å². The summed E-state index contributed by atoms with van der Waals surface area (Å²) in [6.45, 7) is 0.701. The Bertz CT molecular complexity index is 1370. The molecule has 0 aliphatic carbocycles. The Kier molecular flexibility index (Phi) is 4.97. The summed E-state index contributed by atoms with van der Waals surface area (Å²) < 4.78 is 8.86. The molecule has 0 radical (unpaired) electrons. The van der Waals surface area contributed by atoms with Gasteiger partial charge in [0.05, 0.1) is 18.0 Å². The molecule has 1 aliphatic rings. The van der Waals surface area contributed by atoms with Crippen LogP contribution in [0.4, 0.5) is 0 Å². The third-order valence-electron chi connectivity index (χ3n) is 5.92. The van der Waals surface area contributed by atoms with Crippen molar-refractivity contribution >= 4 is 16.8 Å². The van der Waals surface area contributed by atoms with Crippen LogP contribution < -0.4 is 15.6 Å². The third kappa shape index (κ3) is 3.43. The minimum atomic E-state index is -0.456. The maximum absolute atomic E-state index is 13.2. The number of ether oxygens (including phenoxy) is 1. The van der Waals surface area contributed by atoms with Crippen molar-refractivity contribution in [3.05, 3.63) is 88.0 Å². The summed E-state index contributed by atoms with van der Waals surface area (Å²) in [5.74, 6) is 1.96. The Morgan fingerprint density at radius 2 is 2.00 bits per heavy atom. The van der Waals surface area contributed by atoms with Crippen LogP contribution in [0.3, 0.4) is 0 Å². The number of imidazole rings is 1. The first-order valence-electron chi connectivity index (χ1n) is 10.5. The normalized spacial score (nSPS) is 13.7. The highest BCUT2D eigenvalue weighted by molar-refractivity contribution is 5.98. The first-order valence-corrected chi connectivity index (χ1v) is 10.5. The number of aryl methyl sites for hydroxylation is 2. The molecule has 0 saturated carbocycles. The average molecular weight is 429 g/mol. The number of nitrogens with zero attached hydrogens (tertiary/aromatic N) is 4. The second-order valence-corrected chi connectivity index (χ2v) is 7.90. The lowest BCUT2D eigenvalue weighted by Crippen LogP contribution is -2.31. The van der Waals surface area contributed by atoms with Gasteiger partial charge < -0.3 is 14.6 Å². The number of aromatic nitrogens is 4. The molecule has 8 nitrogen and oxygen atoms in total. The lowest BCUT2D eigenvalue weighted by Gasteiger charge is -2.19. The average Bonchev–Trinajstić information content (AvgIpc) is 3.46. The number of hydrogen-bond acceptors (Lipinski definition) is 5. The molecule has 162 valence electrons. The SMILES string of the molecule is COc1ccc(C(NC(=O)c2ccc3c(=O)n4c(nc3c2)CCC4)c2nccn2C)cc1. The van der Waals surface area contributed by atoms with Crippen molar-refractivity contribution in [1.29, 1.82) is 0 Å². The van der Waals surface area contributed by atoms with Crippen LogP contribution in [0.2, 0.25) is 0 Å². The minimum Gasteiger partial charge on any atom is -0.497 e. The Hall–Kier alpha value is -3.94. The van der Waals surface area contributed by atoms with E-state index in [0.717, 1.165) is 30.0 Å². The fraction of sp³-hybridized carbons (Fsp3) is 0.250. The standard InChI is InChI=1S/C24H23N5O3/c1-28-13-11-25-22(28)21(15-5-8-17(32-2)9-6-15)27-23(30)16-7-10-18-19(14-16)26-20-4-3-12-29(20)24(18)31/h5-11,13-14,21H,3-4,12H2,1-2H3,(H,27,30). The van der Waals surface area contributed by atoms with Crippen LogP contribution in [0.15, 0.2) is 59.7 Å². The van der Waals surface area contributed by atoms with Gasteiger partial charge in [-0.05, 0) is 42.3 Å². The van der Waals surface area contributed by atoms with Gasteiger partial charge in [-0.2, -0.15) is 0 Å². The largest absolute Gasteiger partial charge is 0.497 e. The quantitative estimate of drug-likeness (QED) is 0.527. The fourth-order valence-electron chi connectivity index (χ4n) is 4.19. The van der Waals surface area contributed by atoms with E-state index in [9.17, 15) is 9.59 Å². The van der Waals surface area contributed by atoms with Gasteiger partial charge in [0.1, 0.15) is 23.4 Å². The second kappa shape index (κ2) is 7.96. The Labute approximate surface area is 184 Å². The molecule has 32 heavy (non-hydrogen) atoms. The van der Waals surface area contributed by atoms with E-state index in [4.69, 9.17) is 4.74 Å². The van der Waals surface area contributed by atoms with Crippen molar-refractivity contribution in [3.8, 4) is 5.75 Å². The van der Waals surface area contributed by atoms with Crippen LogP contribution in [0, 0.1) is 0 Å². The van der Waals surface area contributed by atoms with Gasteiger partial charge in [0, 0.05) is 38.0 Å². The summed E-state index contributed by atoms with van der Waals surface area (Å²) in [4.78, 5) is 35.0. The highest BCUT2D eigenvalue weighted by Gasteiger charge is 2.23. The summed E-state index contributed by atoms with van der Waals surface area (Å²) in [6.07, 6.45) is 5.23. The lowest BCUT2D eigenvalue weighted by atomic mass is 10.0. The summed E-state index contributed by atoms with van der Waals surface area (Å²) in [6, 6.07) is 12.1. The molecule has 1 amide bonds. The molecular formula is C24H23N5O3. The molecule has 1 unspecified atom stereocenters. The first kappa shape index (κ1) is 20.0. The third-order valence-corrected chi connectivity index (χ3v) is 5.92. The summed E-state index contributed by atoms with van der Waals surface area (Å²) in [5.41, 5.74) is 1.83. The molecule has 0 saturated heterocycles. The summed E-state index contributed by atoms with van der Waals surface area (Å²) in [7, 11) is 3.50. The number of rotatable bonds is 5. The first-order chi connectivity index (χ1) is 15.5. The van der Waals surface area contributed by atoms with Gasteiger partial charge in [0.2, 0.25) is 0 Å². The van der Waals surface area contributed by atoms with Gasteiger partial charge >= 0.3 is 0 Å². The number of benzene rings is 2. The van der Waals surface area contributed by atoms with Crippen molar-refractivity contribution in [2.45, 2.75) is 25.4 Å². The number of carbonyl (C=O) groups is 1. The predicted octanol–water partition coefficient (Wildman–Crippen LogP) is 2.60. The van der Waals surface area contributed by atoms with E-state index in [-0.39, 0.29) is 11.5 Å². The van der Waals surface area contributed by atoms with Crippen molar-refractivity contribution in [3.63, 3.8) is 0 Å². The van der Waals surface area contributed by atoms with E-state index in [1.165, 1.54) is 0 Å². The molecule has 8 heteroatoms. The zero-order valence-corrected chi connectivity index (χ0v) is 17.9. The van der Waals surface area contributed by atoms with Crippen LogP contribution in [0.5, 0.6) is 5.75 Å². The Morgan fingerprint density at radius 1 is 1.19 bits per heavy atom. The van der Waals surface area contributed by atoms with Gasteiger partial charge in [0.15, 0.2) is 0 Å². The lowest BCUT2D eigenvalue weighted by molar-refractivity contribution is 0.0941.